The summed E-state index contributed by atoms with van der Waals surface area (Å²) >= 11 is 0. The van der Waals surface area contributed by atoms with Crippen molar-refractivity contribution in [3.05, 3.63) is 42.4 Å². The van der Waals surface area contributed by atoms with Crippen molar-refractivity contribution in [2.45, 2.75) is 6.42 Å². The molecule has 0 amide bonds. The molecule has 0 spiro atoms. The van der Waals surface area contributed by atoms with E-state index in [1.165, 1.54) is 0 Å². The monoisotopic (exact) mass is 359 g/mol. The van der Waals surface area contributed by atoms with Gasteiger partial charge in [-0.25, -0.2) is 0 Å². The van der Waals surface area contributed by atoms with Crippen LogP contribution in [0.5, 0.6) is 0 Å². The SMILES string of the molecule is [2H]C1([2H])OC([2H])([2H])C([2H])([2H])N(CC(=O)Cc2cc3cc(-c4cnn(C)c4)ccc3nn2)C1([2H])[2H]. The lowest BCUT2D eigenvalue weighted by atomic mass is 10.1. The molecule has 1 aromatic carbocycles. The van der Waals surface area contributed by atoms with E-state index in [0.29, 0.717) is 10.9 Å². The molecule has 0 atom stereocenters. The van der Waals surface area contributed by atoms with Gasteiger partial charge < -0.3 is 4.74 Å². The Bertz CT molecular complexity index is 1240. The van der Waals surface area contributed by atoms with Crippen molar-refractivity contribution in [1.82, 2.24) is 24.9 Å². The van der Waals surface area contributed by atoms with Gasteiger partial charge in [-0.15, -0.1) is 0 Å². The van der Waals surface area contributed by atoms with Gasteiger partial charge in [0.15, 0.2) is 5.78 Å². The number of rotatable bonds is 5. The fraction of sp³-hybridized carbons (Fsp3) is 0.368. The summed E-state index contributed by atoms with van der Waals surface area (Å²) in [6.07, 6.45) is 3.22. The van der Waals surface area contributed by atoms with E-state index in [0.717, 1.165) is 11.1 Å². The van der Waals surface area contributed by atoms with Crippen LogP contribution in [0.3, 0.4) is 0 Å². The molecule has 0 bridgehead atoms. The van der Waals surface area contributed by atoms with E-state index in [2.05, 4.69) is 20.0 Å². The second kappa shape index (κ2) is 7.31. The lowest BCUT2D eigenvalue weighted by Gasteiger charge is -2.25. The Morgan fingerprint density at radius 1 is 1.23 bits per heavy atom. The highest BCUT2D eigenvalue weighted by Crippen LogP contribution is 2.23. The first-order valence-electron chi connectivity index (χ1n) is 11.9. The Balaban J connectivity index is 1.58. The van der Waals surface area contributed by atoms with Gasteiger partial charge in [0, 0.05) is 42.7 Å². The van der Waals surface area contributed by atoms with Crippen LogP contribution in [0.2, 0.25) is 0 Å². The molecule has 7 heteroatoms. The molecule has 1 aliphatic rings. The van der Waals surface area contributed by atoms with Crippen molar-refractivity contribution in [2.24, 2.45) is 7.05 Å². The summed E-state index contributed by atoms with van der Waals surface area (Å²) < 4.78 is 69.0. The molecule has 7 nitrogen and oxygen atoms in total. The van der Waals surface area contributed by atoms with E-state index in [-0.39, 0.29) is 17.0 Å². The lowest BCUT2D eigenvalue weighted by molar-refractivity contribution is -0.120. The number of morpholine rings is 1. The molecule has 2 aromatic heterocycles. The van der Waals surface area contributed by atoms with Crippen LogP contribution in [-0.4, -0.2) is 63.3 Å². The number of carbonyl (C=O) groups excluding carboxylic acids is 1. The Labute approximate surface area is 162 Å². The summed E-state index contributed by atoms with van der Waals surface area (Å²) in [7, 11) is 1.80. The Kier molecular flexibility index (Phi) is 2.78. The normalized spacial score (nSPS) is 27.7. The predicted octanol–water partition coefficient (Wildman–Crippen LogP) is 1.47. The molecule has 0 radical (unpaired) electrons. The summed E-state index contributed by atoms with van der Waals surface area (Å²) in [5, 5.41) is 13.0. The smallest absolute Gasteiger partial charge is 0.152 e. The number of benzene rings is 1. The fourth-order valence-electron chi connectivity index (χ4n) is 2.65. The van der Waals surface area contributed by atoms with Crippen LogP contribution in [0.25, 0.3) is 22.0 Å². The summed E-state index contributed by atoms with van der Waals surface area (Å²) in [4.78, 5) is 13.0. The fourth-order valence-corrected chi connectivity index (χ4v) is 2.65. The maximum absolute atomic E-state index is 12.8. The van der Waals surface area contributed by atoms with E-state index in [1.807, 2.05) is 18.3 Å². The molecular formula is C19H21N5O2. The number of ether oxygens (including phenoxy) is 1. The second-order valence-corrected chi connectivity index (χ2v) is 5.84. The van der Waals surface area contributed by atoms with Gasteiger partial charge in [-0.2, -0.15) is 15.3 Å². The summed E-state index contributed by atoms with van der Waals surface area (Å²) in [6.45, 7) is -13.5. The number of Topliss-reactive ketones (excluding diaryl/α,β-unsaturated/α-hetero) is 1. The Morgan fingerprint density at radius 2 is 2.08 bits per heavy atom. The van der Waals surface area contributed by atoms with E-state index in [9.17, 15) is 4.79 Å². The van der Waals surface area contributed by atoms with Gasteiger partial charge in [0.1, 0.15) is 0 Å². The van der Waals surface area contributed by atoms with Crippen molar-refractivity contribution in [1.29, 1.82) is 0 Å². The minimum absolute atomic E-state index is 0.223. The minimum atomic E-state index is -3.20. The maximum atomic E-state index is 12.8. The third kappa shape index (κ3) is 3.79. The summed E-state index contributed by atoms with van der Waals surface area (Å²) in [5.41, 5.74) is 2.61. The third-order valence-electron chi connectivity index (χ3n) is 3.85. The Hall–Kier alpha value is -2.64. The third-order valence-corrected chi connectivity index (χ3v) is 3.85. The van der Waals surface area contributed by atoms with Gasteiger partial charge in [-0.1, -0.05) is 6.07 Å². The van der Waals surface area contributed by atoms with Gasteiger partial charge in [0.25, 0.3) is 0 Å². The van der Waals surface area contributed by atoms with Crippen molar-refractivity contribution in [3.63, 3.8) is 0 Å². The molecule has 1 fully saturated rings. The number of aromatic nitrogens is 4. The van der Waals surface area contributed by atoms with E-state index in [1.54, 1.807) is 30.1 Å². The number of hydrogen-bond donors (Lipinski definition) is 0. The predicted molar refractivity (Wildman–Crippen MR) is 97.7 cm³/mol. The largest absolute Gasteiger partial charge is 0.379 e. The first kappa shape index (κ1) is 9.89. The number of fused-ring (bicyclic) bond motifs is 1. The van der Waals surface area contributed by atoms with E-state index in [4.69, 9.17) is 11.0 Å². The molecule has 3 heterocycles. The highest BCUT2D eigenvalue weighted by atomic mass is 16.5. The molecule has 0 aliphatic carbocycles. The topological polar surface area (TPSA) is 73.1 Å². The molecule has 0 saturated carbocycles. The maximum Gasteiger partial charge on any atom is 0.152 e. The lowest BCUT2D eigenvalue weighted by Crippen LogP contribution is -2.40. The number of nitrogens with zero attached hydrogens (tertiary/aromatic N) is 5. The van der Waals surface area contributed by atoms with Gasteiger partial charge in [0.05, 0.1) is 49.0 Å². The van der Waals surface area contributed by atoms with E-state index < -0.39 is 38.4 Å². The van der Waals surface area contributed by atoms with E-state index >= 15 is 0 Å². The van der Waals surface area contributed by atoms with Gasteiger partial charge in [-0.05, 0) is 23.8 Å². The van der Waals surface area contributed by atoms with Crippen molar-refractivity contribution >= 4 is 16.7 Å². The number of carbonyl (C=O) groups is 1. The standard InChI is InChI=1S/C19H21N5O2/c1-23-12-16(11-20-23)14-2-3-19-15(8-14)9-17(21-22-19)10-18(25)13-24-4-6-26-7-5-24/h2-3,8-9,11-12H,4-7,10,13H2,1H3/i4D2,5D2,6D2,7D2. The van der Waals surface area contributed by atoms with Crippen LogP contribution in [0.4, 0.5) is 0 Å². The quantitative estimate of drug-likeness (QED) is 0.687. The molecule has 3 aromatic rings. The van der Waals surface area contributed by atoms with Crippen LogP contribution < -0.4 is 0 Å². The van der Waals surface area contributed by atoms with Crippen LogP contribution >= 0.6 is 0 Å². The average molecular weight is 359 g/mol. The summed E-state index contributed by atoms with van der Waals surface area (Å²) in [5.74, 6) is -0.696. The highest BCUT2D eigenvalue weighted by molar-refractivity contribution is 5.86. The van der Waals surface area contributed by atoms with Gasteiger partial charge >= 0.3 is 0 Å². The zero-order valence-corrected chi connectivity index (χ0v) is 13.9. The van der Waals surface area contributed by atoms with Crippen molar-refractivity contribution < 1.29 is 20.5 Å². The Morgan fingerprint density at radius 3 is 2.85 bits per heavy atom. The zero-order chi connectivity index (χ0) is 25.1. The number of aryl methyl sites for hydroxylation is 1. The first-order valence-corrected chi connectivity index (χ1v) is 7.89. The number of hydrogen-bond acceptors (Lipinski definition) is 6. The molecule has 26 heavy (non-hydrogen) atoms. The average Bonchev–Trinajstić information content (AvgIpc) is 3.16. The van der Waals surface area contributed by atoms with Crippen LogP contribution in [0, 0.1) is 0 Å². The van der Waals surface area contributed by atoms with Crippen molar-refractivity contribution in [2.75, 3.05) is 32.7 Å². The van der Waals surface area contributed by atoms with Gasteiger partial charge in [0.2, 0.25) is 0 Å². The second-order valence-electron chi connectivity index (χ2n) is 5.84. The zero-order valence-electron chi connectivity index (χ0n) is 21.9. The summed E-state index contributed by atoms with van der Waals surface area (Å²) in [6, 6.07) is 7.14. The number of ketones is 1. The van der Waals surface area contributed by atoms with Crippen LogP contribution in [0.1, 0.15) is 16.7 Å². The molecular weight excluding hydrogens is 330 g/mol. The first-order chi connectivity index (χ1) is 15.6. The highest BCUT2D eigenvalue weighted by Gasteiger charge is 2.15. The van der Waals surface area contributed by atoms with Crippen LogP contribution in [0.15, 0.2) is 36.7 Å². The molecule has 4 rings (SSSR count). The molecule has 1 aliphatic heterocycles. The molecule has 0 unspecified atom stereocenters. The van der Waals surface area contributed by atoms with Crippen LogP contribution in [-0.2, 0) is 23.0 Å². The molecule has 1 saturated heterocycles. The molecule has 0 N–H and O–H groups in total. The van der Waals surface area contributed by atoms with Crippen molar-refractivity contribution in [3.8, 4) is 11.1 Å². The van der Waals surface area contributed by atoms with Gasteiger partial charge in [-0.3, -0.25) is 14.4 Å². The minimum Gasteiger partial charge on any atom is -0.379 e. The molecule has 134 valence electrons.